The quantitative estimate of drug-likeness (QED) is 0.323. The zero-order valence-corrected chi connectivity index (χ0v) is 18.9. The molecule has 6 rings (SSSR count). The third kappa shape index (κ3) is 3.07. The second-order valence-electron chi connectivity index (χ2n) is 8.51. The molecule has 0 amide bonds. The molecule has 2 fully saturated rings. The van der Waals surface area contributed by atoms with Gasteiger partial charge in [0, 0.05) is 17.6 Å². The van der Waals surface area contributed by atoms with E-state index in [1.807, 2.05) is 18.2 Å². The first kappa shape index (κ1) is 20.6. The Morgan fingerprint density at radius 3 is 2.88 bits per heavy atom. The molecule has 2 aliphatic rings. The Morgan fingerprint density at radius 1 is 1.18 bits per heavy atom. The van der Waals surface area contributed by atoms with Crippen LogP contribution in [0.1, 0.15) is 19.1 Å². The van der Waals surface area contributed by atoms with Crippen LogP contribution >= 0.6 is 15.9 Å². The van der Waals surface area contributed by atoms with Crippen LogP contribution in [0.3, 0.4) is 0 Å². The minimum atomic E-state index is -1.45. The topological polar surface area (TPSA) is 155 Å². The van der Waals surface area contributed by atoms with E-state index in [1.54, 1.807) is 22.9 Å². The van der Waals surface area contributed by atoms with E-state index < -0.39 is 30.1 Å². The lowest BCUT2D eigenvalue weighted by Gasteiger charge is -2.26. The van der Waals surface area contributed by atoms with Crippen LogP contribution in [0.25, 0.3) is 21.9 Å². The van der Waals surface area contributed by atoms with Gasteiger partial charge in [-0.2, -0.15) is 0 Å². The Kier molecular flexibility index (Phi) is 4.53. The molecule has 1 aliphatic carbocycles. The lowest BCUT2D eigenvalue weighted by Crippen LogP contribution is -2.47. The molecule has 5 atom stereocenters. The van der Waals surface area contributed by atoms with Crippen molar-refractivity contribution in [2.24, 2.45) is 0 Å². The highest BCUT2D eigenvalue weighted by atomic mass is 79.9. The summed E-state index contributed by atoms with van der Waals surface area (Å²) in [5.41, 5.74) is 11.6. The SMILES string of the molecule is Nc1nc2cc(O[C@@H]3CC[C@@]4(O)[C@@H]3O[C@@H](n3ccc5c(N)ncnc53)[C@@H]4O)ccc2cc1Br. The van der Waals surface area contributed by atoms with Gasteiger partial charge in [-0.1, -0.05) is 0 Å². The van der Waals surface area contributed by atoms with Crippen LogP contribution in [0.15, 0.2) is 47.3 Å². The van der Waals surface area contributed by atoms with Crippen molar-refractivity contribution < 1.29 is 19.7 Å². The number of aromatic nitrogens is 4. The van der Waals surface area contributed by atoms with Crippen molar-refractivity contribution in [1.29, 1.82) is 0 Å². The molecule has 1 aliphatic heterocycles. The van der Waals surface area contributed by atoms with Crippen molar-refractivity contribution in [3.63, 3.8) is 0 Å². The number of benzene rings is 1. The highest BCUT2D eigenvalue weighted by molar-refractivity contribution is 9.10. The molecule has 3 aromatic heterocycles. The summed E-state index contributed by atoms with van der Waals surface area (Å²) in [5.74, 6) is 1.31. The summed E-state index contributed by atoms with van der Waals surface area (Å²) >= 11 is 3.39. The minimum Gasteiger partial charge on any atom is -0.488 e. The van der Waals surface area contributed by atoms with E-state index in [0.29, 0.717) is 46.8 Å². The monoisotopic (exact) mass is 512 g/mol. The van der Waals surface area contributed by atoms with Gasteiger partial charge < -0.3 is 35.7 Å². The molecule has 0 spiro atoms. The van der Waals surface area contributed by atoms with E-state index in [1.165, 1.54) is 6.33 Å². The molecule has 0 radical (unpaired) electrons. The standard InChI is InChI=1S/C22H21BrN6O4/c23-13-7-10-1-2-11(8-14(10)28-19(13)25)32-15-3-5-22(31)16(30)21(33-17(15)22)29-6-4-12-18(24)26-9-27-20(12)29/h1-2,4,6-9,15-17,21,30-31H,3,5H2,(H2,25,28)(H2,24,26,27)/t15-,16+,17-,21-,22+/m1/s1. The van der Waals surface area contributed by atoms with E-state index in [0.717, 1.165) is 9.86 Å². The summed E-state index contributed by atoms with van der Waals surface area (Å²) in [6, 6.07) is 9.20. The van der Waals surface area contributed by atoms with Crippen LogP contribution in [-0.4, -0.2) is 53.6 Å². The summed E-state index contributed by atoms with van der Waals surface area (Å²) < 4.78 is 14.8. The Morgan fingerprint density at radius 2 is 2.03 bits per heavy atom. The third-order valence-electron chi connectivity index (χ3n) is 6.60. The summed E-state index contributed by atoms with van der Waals surface area (Å²) in [6.07, 6.45) is 0.751. The maximum Gasteiger partial charge on any atom is 0.164 e. The lowest BCUT2D eigenvalue weighted by molar-refractivity contribution is -0.0791. The van der Waals surface area contributed by atoms with Crippen LogP contribution in [0.5, 0.6) is 5.75 Å². The first-order valence-corrected chi connectivity index (χ1v) is 11.3. The Balaban J connectivity index is 1.29. The van der Waals surface area contributed by atoms with E-state index in [-0.39, 0.29) is 0 Å². The Bertz CT molecular complexity index is 1400. The second kappa shape index (κ2) is 7.26. The van der Waals surface area contributed by atoms with Crippen molar-refractivity contribution in [2.45, 2.75) is 43.0 Å². The molecular formula is C22H21BrN6O4. The summed E-state index contributed by atoms with van der Waals surface area (Å²) in [7, 11) is 0. The summed E-state index contributed by atoms with van der Waals surface area (Å²) in [5, 5.41) is 23.9. The van der Waals surface area contributed by atoms with Gasteiger partial charge in [-0.05, 0) is 53.0 Å². The predicted molar refractivity (Wildman–Crippen MR) is 124 cm³/mol. The summed E-state index contributed by atoms with van der Waals surface area (Å²) in [4.78, 5) is 12.7. The number of ether oxygens (including phenoxy) is 2. The van der Waals surface area contributed by atoms with Gasteiger partial charge >= 0.3 is 0 Å². The zero-order valence-electron chi connectivity index (χ0n) is 17.3. The molecule has 0 bridgehead atoms. The number of rotatable bonds is 3. The second-order valence-corrected chi connectivity index (χ2v) is 9.36. The number of hydrogen-bond acceptors (Lipinski definition) is 9. The van der Waals surface area contributed by atoms with E-state index >= 15 is 0 Å². The van der Waals surface area contributed by atoms with Gasteiger partial charge in [-0.15, -0.1) is 0 Å². The fourth-order valence-corrected chi connectivity index (χ4v) is 5.24. The van der Waals surface area contributed by atoms with Crippen molar-refractivity contribution >= 4 is 49.5 Å². The van der Waals surface area contributed by atoms with Gasteiger partial charge in [-0.25, -0.2) is 15.0 Å². The summed E-state index contributed by atoms with van der Waals surface area (Å²) in [6.45, 7) is 0. The average Bonchev–Trinajstić information content (AvgIpc) is 3.42. The fourth-order valence-electron chi connectivity index (χ4n) is 4.90. The van der Waals surface area contributed by atoms with Gasteiger partial charge in [0.1, 0.15) is 53.3 Å². The number of fused-ring (bicyclic) bond motifs is 3. The third-order valence-corrected chi connectivity index (χ3v) is 7.23. The normalized spacial score (nSPS) is 29.1. The van der Waals surface area contributed by atoms with Gasteiger partial charge in [0.15, 0.2) is 6.23 Å². The van der Waals surface area contributed by atoms with Gasteiger partial charge in [-0.3, -0.25) is 0 Å². The van der Waals surface area contributed by atoms with Crippen molar-refractivity contribution in [1.82, 2.24) is 19.5 Å². The van der Waals surface area contributed by atoms with Crippen LogP contribution in [0, 0.1) is 0 Å². The molecular weight excluding hydrogens is 492 g/mol. The van der Waals surface area contributed by atoms with Crippen LogP contribution in [-0.2, 0) is 4.74 Å². The van der Waals surface area contributed by atoms with Crippen LogP contribution in [0.2, 0.25) is 0 Å². The average molecular weight is 513 g/mol. The minimum absolute atomic E-state index is 0.335. The first-order valence-electron chi connectivity index (χ1n) is 10.5. The van der Waals surface area contributed by atoms with E-state index in [2.05, 4.69) is 30.9 Å². The Hall–Kier alpha value is -2.99. The molecule has 1 saturated heterocycles. The first-order chi connectivity index (χ1) is 15.8. The van der Waals surface area contributed by atoms with Crippen molar-refractivity contribution in [2.75, 3.05) is 11.5 Å². The van der Waals surface area contributed by atoms with Gasteiger partial charge in [0.2, 0.25) is 0 Å². The maximum absolute atomic E-state index is 11.3. The molecule has 10 nitrogen and oxygen atoms in total. The van der Waals surface area contributed by atoms with E-state index in [4.69, 9.17) is 20.9 Å². The molecule has 6 N–H and O–H groups in total. The number of nitrogens with zero attached hydrogens (tertiary/aromatic N) is 4. The number of hydrogen-bond donors (Lipinski definition) is 4. The number of halogens is 1. The molecule has 1 saturated carbocycles. The zero-order chi connectivity index (χ0) is 22.9. The highest BCUT2D eigenvalue weighted by Crippen LogP contribution is 2.48. The predicted octanol–water partition coefficient (Wildman–Crippen LogP) is 2.14. The number of nitrogen functional groups attached to an aromatic ring is 2. The van der Waals surface area contributed by atoms with Gasteiger partial charge in [0.25, 0.3) is 0 Å². The lowest BCUT2D eigenvalue weighted by atomic mass is 9.94. The number of aliphatic hydroxyl groups is 2. The smallest absolute Gasteiger partial charge is 0.164 e. The van der Waals surface area contributed by atoms with Gasteiger partial charge in [0.05, 0.1) is 15.4 Å². The Labute approximate surface area is 196 Å². The molecule has 170 valence electrons. The number of anilines is 2. The molecule has 4 heterocycles. The maximum atomic E-state index is 11.3. The number of aliphatic hydroxyl groups excluding tert-OH is 1. The van der Waals surface area contributed by atoms with Crippen molar-refractivity contribution in [3.05, 3.63) is 47.3 Å². The number of pyridine rings is 1. The van der Waals surface area contributed by atoms with Crippen molar-refractivity contribution in [3.8, 4) is 5.75 Å². The molecule has 1 aromatic carbocycles. The molecule has 0 unspecified atom stereocenters. The molecule has 11 heteroatoms. The molecule has 4 aromatic rings. The van der Waals surface area contributed by atoms with Crippen LogP contribution < -0.4 is 16.2 Å². The molecule has 33 heavy (non-hydrogen) atoms. The largest absolute Gasteiger partial charge is 0.488 e. The number of nitrogens with two attached hydrogens (primary N) is 2. The van der Waals surface area contributed by atoms with E-state index in [9.17, 15) is 10.2 Å². The highest BCUT2D eigenvalue weighted by Gasteiger charge is 2.62. The fraction of sp³-hybridized carbons (Fsp3) is 0.318. The van der Waals surface area contributed by atoms with Crippen LogP contribution in [0.4, 0.5) is 11.6 Å².